The first-order valence-electron chi connectivity index (χ1n) is 29.3. The molecule has 4 atom stereocenters. The first kappa shape index (κ1) is 80.7. The summed E-state index contributed by atoms with van der Waals surface area (Å²) >= 11 is 11.7. The number of halogens is 3. The third-order valence-electron chi connectivity index (χ3n) is 12.2. The van der Waals surface area contributed by atoms with Crippen LogP contribution in [0.15, 0.2) is 97.1 Å². The first-order valence-corrected chi connectivity index (χ1v) is 28.4. The minimum absolute atomic E-state index is 0. The maximum atomic E-state index is 13.0. The van der Waals surface area contributed by atoms with Gasteiger partial charge in [-0.1, -0.05) is 153 Å². The average Bonchev–Trinajstić information content (AvgIpc) is 2.79. The quantitative estimate of drug-likeness (QED) is 0.0274. The van der Waals surface area contributed by atoms with E-state index in [9.17, 15) is 28.8 Å². The lowest BCUT2D eigenvalue weighted by molar-refractivity contribution is -0.196. The number of rotatable bonds is 25. The highest BCUT2D eigenvalue weighted by molar-refractivity contribution is 6.31. The Bertz CT molecular complexity index is 2670. The van der Waals surface area contributed by atoms with Crippen molar-refractivity contribution in [1.82, 2.24) is 16.0 Å². The van der Waals surface area contributed by atoms with E-state index in [1.165, 1.54) is 7.40 Å². The van der Waals surface area contributed by atoms with Crippen molar-refractivity contribution in [3.63, 3.8) is 0 Å². The number of hydrogen-bond donors (Lipinski definition) is 4. The average molecular weight is 1290 g/mol. The lowest BCUT2D eigenvalue weighted by Crippen LogP contribution is -2.44. The van der Waals surface area contributed by atoms with Crippen LogP contribution in [0.3, 0.4) is 0 Å². The van der Waals surface area contributed by atoms with E-state index in [0.717, 1.165) is 11.1 Å². The highest BCUT2D eigenvalue weighted by Gasteiger charge is 2.39. The molecule has 0 aliphatic heterocycles. The fourth-order valence-electron chi connectivity index (χ4n) is 7.02. The normalized spacial score (nSPS) is 12.6. The predicted molar refractivity (Wildman–Crippen MR) is 350 cm³/mol. The molecule has 4 rings (SSSR count). The Balaban J connectivity index is -0.00000150. The van der Waals surface area contributed by atoms with Gasteiger partial charge in [0.05, 0.1) is 0 Å². The van der Waals surface area contributed by atoms with Gasteiger partial charge in [-0.3, -0.25) is 9.59 Å². The van der Waals surface area contributed by atoms with Crippen molar-refractivity contribution in [3.05, 3.63) is 129 Å². The Labute approximate surface area is 538 Å². The minimum atomic E-state index is -1.38. The zero-order valence-electron chi connectivity index (χ0n) is 54.6. The molecule has 4 aromatic rings. The minimum Gasteiger partial charge on any atom is -0.476 e. The summed E-state index contributed by atoms with van der Waals surface area (Å²) in [6, 6.07) is 27.7. The van der Waals surface area contributed by atoms with Gasteiger partial charge in [0.2, 0.25) is 0 Å². The van der Waals surface area contributed by atoms with E-state index < -0.39 is 60.2 Å². The molecule has 0 saturated carbocycles. The number of carbonyl (C=O) groups is 6. The van der Waals surface area contributed by atoms with Crippen molar-refractivity contribution in [2.45, 2.75) is 182 Å². The van der Waals surface area contributed by atoms with Crippen LogP contribution in [-0.4, -0.2) is 105 Å². The molecule has 5 N–H and O–H groups in total. The number of benzene rings is 4. The summed E-state index contributed by atoms with van der Waals surface area (Å²) in [5, 5.41) is 9.89. The van der Waals surface area contributed by atoms with E-state index in [-0.39, 0.29) is 68.3 Å². The number of carbonyl (C=O) groups excluding carboxylic acids is 6. The topological polar surface area (TPSA) is 238 Å². The van der Waals surface area contributed by atoms with Crippen LogP contribution in [0.5, 0.6) is 11.5 Å². The van der Waals surface area contributed by atoms with Crippen LogP contribution >= 0.6 is 35.6 Å². The summed E-state index contributed by atoms with van der Waals surface area (Å²) in [5.74, 6) is -1.50. The Morgan fingerprint density at radius 3 is 1.13 bits per heavy atom. The molecule has 0 aromatic heterocycles. The van der Waals surface area contributed by atoms with Gasteiger partial charge in [0, 0.05) is 72.8 Å². The molecule has 0 spiro atoms. The molecule has 0 aliphatic carbocycles. The van der Waals surface area contributed by atoms with Crippen molar-refractivity contribution in [3.8, 4) is 11.5 Å². The highest BCUT2D eigenvalue weighted by Crippen LogP contribution is 2.27. The van der Waals surface area contributed by atoms with Gasteiger partial charge in [0.1, 0.15) is 23.7 Å². The van der Waals surface area contributed by atoms with Gasteiger partial charge >= 0.3 is 24.2 Å². The van der Waals surface area contributed by atoms with Gasteiger partial charge in [0.15, 0.2) is 11.2 Å². The molecule has 0 saturated heterocycles. The largest absolute Gasteiger partial charge is 0.511 e. The number of esters is 2. The lowest BCUT2D eigenvalue weighted by Gasteiger charge is -2.31. The van der Waals surface area contributed by atoms with Gasteiger partial charge in [0.25, 0.3) is 24.4 Å². The molecule has 0 aliphatic rings. The Morgan fingerprint density at radius 1 is 0.540 bits per heavy atom. The number of likely N-dealkylation sites (N-methyl/N-ethyl adjacent to an activating group) is 1. The van der Waals surface area contributed by atoms with Crippen LogP contribution in [0.25, 0.3) is 0 Å². The van der Waals surface area contributed by atoms with Gasteiger partial charge in [-0.15, -0.1) is 12.4 Å². The second kappa shape index (κ2) is 40.3. The van der Waals surface area contributed by atoms with Gasteiger partial charge < -0.3 is 59.6 Å². The van der Waals surface area contributed by atoms with Gasteiger partial charge in [-0.2, -0.15) is 0 Å². The maximum absolute atomic E-state index is 13.0. The zero-order valence-corrected chi connectivity index (χ0v) is 54.9. The fraction of sp³-hybridized carbons (Fsp3) is 0.545. The monoisotopic (exact) mass is 1280 g/mol. The molecule has 21 heteroatoms. The molecule has 0 heterocycles. The number of hydrogen-bond acceptors (Lipinski definition) is 16. The number of nitrogens with one attached hydrogen (secondary N) is 3. The molecule has 87 heavy (non-hydrogen) atoms. The zero-order chi connectivity index (χ0) is 65.6. The third-order valence-corrected chi connectivity index (χ3v) is 12.7. The molecule has 0 radical (unpaired) electrons. The smallest absolute Gasteiger partial charge is 0.476 e. The molecule has 0 bridgehead atoms. The van der Waals surface area contributed by atoms with E-state index >= 15 is 0 Å². The number of amides is 2. The Kier molecular flexibility index (Phi) is 37.4. The summed E-state index contributed by atoms with van der Waals surface area (Å²) in [7, 11) is 3.02. The Hall–Kier alpha value is -6.31. The first-order chi connectivity index (χ1) is 40.1. The highest BCUT2D eigenvalue weighted by atomic mass is 35.5. The molecule has 4 aromatic carbocycles. The standard InChI is InChI=1S/C31H43ClN2O7.C30H41ClN2O7.C2H6.3CH4.ClH/c1-20(2)27(40-29(37)38-25(19-33-8)30(3,4)5)39-28(36)31(6,7)41-24-15-9-21(10-16-24)17-18-34-26(35)22-11-13-23(32)14-12-22;1-19(2)26(39-28(36)37-24(18-32)29(3,4)5)38-27(35)30(6,7)40-23-14-8-20(9-15-23)16-17-33-25(34)21-10-12-22(31)13-11-21;1-2;;;;/h9-16,20,25,27,33H,17-19H2,1-8H3,(H,34,35);8-15,19,24,26H,16-18,32H2,1-7H3,(H,33,34);1-2H3;3*1H4;1H/i;;1D;1T;;;. The van der Waals surface area contributed by atoms with Gasteiger partial charge in [-0.05, 0) is 132 Å². The molecule has 18 nitrogen and oxygen atoms in total. The predicted octanol–water partition coefficient (Wildman–Crippen LogP) is 14.7. The van der Waals surface area contributed by atoms with Crippen molar-refractivity contribution < 1.29 is 69.4 Å². The van der Waals surface area contributed by atoms with Crippen LogP contribution in [0, 0.1) is 22.7 Å². The Morgan fingerprint density at radius 2 is 0.851 bits per heavy atom. The van der Waals surface area contributed by atoms with Crippen molar-refractivity contribution in [2.24, 2.45) is 28.4 Å². The van der Waals surface area contributed by atoms with E-state index in [4.69, 9.17) is 69.6 Å². The maximum Gasteiger partial charge on any atom is 0.511 e. The van der Waals surface area contributed by atoms with Crippen LogP contribution in [0.2, 0.25) is 10.0 Å². The second-order valence-electron chi connectivity index (χ2n) is 23.0. The van der Waals surface area contributed by atoms with Crippen molar-refractivity contribution in [2.75, 3.05) is 33.2 Å². The van der Waals surface area contributed by atoms with E-state index in [0.29, 0.717) is 72.0 Å². The van der Waals surface area contributed by atoms with Crippen LogP contribution < -0.4 is 31.2 Å². The second-order valence-corrected chi connectivity index (χ2v) is 23.9. The van der Waals surface area contributed by atoms with E-state index in [2.05, 4.69) is 16.0 Å². The van der Waals surface area contributed by atoms with Crippen molar-refractivity contribution >= 4 is 71.7 Å². The molecule has 492 valence electrons. The summed E-state index contributed by atoms with van der Waals surface area (Å²) in [5.41, 5.74) is 5.31. The summed E-state index contributed by atoms with van der Waals surface area (Å²) in [6.07, 6.45) is -3.99. The fourth-order valence-corrected chi connectivity index (χ4v) is 7.27. The number of nitrogens with two attached hydrogens (primary N) is 1. The van der Waals surface area contributed by atoms with Crippen LogP contribution in [0.1, 0.15) is 168 Å². The molecule has 4 unspecified atom stereocenters. The summed E-state index contributed by atoms with van der Waals surface area (Å²) in [4.78, 5) is 75.4. The van der Waals surface area contributed by atoms with Crippen LogP contribution in [-0.2, 0) is 50.9 Å². The summed E-state index contributed by atoms with van der Waals surface area (Å²) in [6.45, 7) is 28.6. The van der Waals surface area contributed by atoms with E-state index in [1.807, 2.05) is 65.8 Å². The lowest BCUT2D eigenvalue weighted by atomic mass is 9.89. The van der Waals surface area contributed by atoms with Crippen molar-refractivity contribution in [1.29, 1.82) is 0 Å². The molecule has 2 amide bonds. The SMILES string of the molecule is C.C.CC(C)C(OC(=O)OC(CN)C(C)(C)C)OC(=O)C(C)(C)Oc1ccc(CCNC(=O)c2ccc(Cl)cc2)cc1.CNCC(OC(=O)OC(OC(=O)C(C)(C)Oc1ccc(CCNC(=O)c2ccc(Cl)cc2)cc1)C(C)C)C(C)(C)C.Cl.[2H]CC.[3H]C. The molecule has 0 fully saturated rings. The summed E-state index contributed by atoms with van der Waals surface area (Å²) < 4.78 is 56.4. The van der Waals surface area contributed by atoms with Crippen LogP contribution in [0.4, 0.5) is 9.59 Å². The van der Waals surface area contributed by atoms with Gasteiger partial charge in [-0.25, -0.2) is 19.2 Å². The molecular weight excluding hydrogens is 1180 g/mol. The third kappa shape index (κ3) is 30.9. The van der Waals surface area contributed by atoms with E-state index in [1.54, 1.807) is 142 Å². The number of ether oxygens (including phenoxy) is 8. The molecular formula is C66H103Cl3N4O14.